The van der Waals surface area contributed by atoms with Gasteiger partial charge in [0.2, 0.25) is 15.9 Å². The zero-order chi connectivity index (χ0) is 34.6. The smallest absolute Gasteiger partial charge is 0.253 e. The van der Waals surface area contributed by atoms with Gasteiger partial charge in [0.25, 0.3) is 11.8 Å². The van der Waals surface area contributed by atoms with Gasteiger partial charge >= 0.3 is 0 Å². The number of carbonyl (C=O) groups excluding carboxylic acids is 3. The highest BCUT2D eigenvalue weighted by atomic mass is 32.2. The third-order valence-electron chi connectivity index (χ3n) is 7.23. The van der Waals surface area contributed by atoms with Crippen molar-refractivity contribution in [1.29, 1.82) is 0 Å². The number of nitrogens with one attached hydrogen (secondary N) is 2. The van der Waals surface area contributed by atoms with Crippen LogP contribution in [0.1, 0.15) is 96.9 Å². The standard InChI is InChI=1S/C32H47F2N5O6S/c1-6-9-12-39(37-46(44,45)21(4)5)20-29(40)28(15-22-13-26(33)19-27(34)14-22)36-31(42)24-16-23(30(35)41)17-25(18-24)32(43)38(10-7-2)11-8-3/h13-14,16-19,21,28-29,37,40H,6-12,15,20H2,1-5H3,(H2,35,41)(H,36,42). The molecule has 2 aromatic rings. The maximum absolute atomic E-state index is 14.1. The van der Waals surface area contributed by atoms with Gasteiger partial charge in [-0.05, 0) is 75.4 Å². The molecule has 5 N–H and O–H groups in total. The van der Waals surface area contributed by atoms with E-state index in [0.29, 0.717) is 38.4 Å². The normalized spacial score (nSPS) is 13.1. The number of benzene rings is 2. The molecule has 11 nitrogen and oxygen atoms in total. The van der Waals surface area contributed by atoms with Gasteiger partial charge in [0, 0.05) is 48.9 Å². The van der Waals surface area contributed by atoms with Crippen LogP contribution in [0.15, 0.2) is 36.4 Å². The van der Waals surface area contributed by atoms with Gasteiger partial charge in [-0.1, -0.05) is 27.2 Å². The summed E-state index contributed by atoms with van der Waals surface area (Å²) >= 11 is 0. The minimum Gasteiger partial charge on any atom is -0.390 e. The van der Waals surface area contributed by atoms with Gasteiger partial charge in [-0.15, -0.1) is 4.83 Å². The second-order valence-electron chi connectivity index (χ2n) is 11.6. The van der Waals surface area contributed by atoms with Gasteiger partial charge in [0.15, 0.2) is 0 Å². The molecule has 0 radical (unpaired) electrons. The summed E-state index contributed by atoms with van der Waals surface area (Å²) in [6, 6.07) is 5.47. The van der Waals surface area contributed by atoms with Gasteiger partial charge in [-0.25, -0.2) is 22.2 Å². The van der Waals surface area contributed by atoms with Gasteiger partial charge in [0.05, 0.1) is 17.4 Å². The minimum absolute atomic E-state index is 0.0708. The minimum atomic E-state index is -3.78. The van der Waals surface area contributed by atoms with E-state index in [1.165, 1.54) is 37.1 Å². The second kappa shape index (κ2) is 18.0. The summed E-state index contributed by atoms with van der Waals surface area (Å²) in [5, 5.41) is 14.6. The van der Waals surface area contributed by atoms with Crippen molar-refractivity contribution in [1.82, 2.24) is 20.1 Å². The number of halogens is 2. The molecule has 2 aromatic carbocycles. The van der Waals surface area contributed by atoms with Crippen molar-refractivity contribution in [2.24, 2.45) is 5.73 Å². The summed E-state index contributed by atoms with van der Waals surface area (Å²) in [5.41, 5.74) is 5.54. The lowest BCUT2D eigenvalue weighted by molar-refractivity contribution is 0.0613. The number of sulfonamides is 1. The molecule has 0 fully saturated rings. The zero-order valence-corrected chi connectivity index (χ0v) is 28.0. The highest BCUT2D eigenvalue weighted by Crippen LogP contribution is 2.17. The molecule has 3 amide bonds. The Morgan fingerprint density at radius 2 is 1.43 bits per heavy atom. The largest absolute Gasteiger partial charge is 0.390 e. The number of aliphatic hydroxyl groups is 1. The average molecular weight is 668 g/mol. The van der Waals surface area contributed by atoms with Crippen molar-refractivity contribution in [3.63, 3.8) is 0 Å². The quantitative estimate of drug-likeness (QED) is 0.167. The molecule has 0 heterocycles. The Bertz CT molecular complexity index is 1430. The average Bonchev–Trinajstić information content (AvgIpc) is 2.97. The number of hydrazine groups is 1. The molecule has 0 saturated heterocycles. The highest BCUT2D eigenvalue weighted by Gasteiger charge is 2.28. The molecule has 0 bridgehead atoms. The van der Waals surface area contributed by atoms with Crippen LogP contribution in [0.5, 0.6) is 0 Å². The van der Waals surface area contributed by atoms with Crippen LogP contribution >= 0.6 is 0 Å². The van der Waals surface area contributed by atoms with E-state index in [0.717, 1.165) is 18.6 Å². The Morgan fingerprint density at radius 1 is 0.870 bits per heavy atom. The first-order chi connectivity index (χ1) is 21.6. The van der Waals surface area contributed by atoms with Crippen molar-refractivity contribution in [3.8, 4) is 0 Å². The molecule has 0 aliphatic rings. The van der Waals surface area contributed by atoms with Crippen molar-refractivity contribution in [2.45, 2.75) is 84.1 Å². The van der Waals surface area contributed by atoms with Crippen molar-refractivity contribution < 1.29 is 36.7 Å². The Balaban J connectivity index is 2.50. The number of hydrogen-bond acceptors (Lipinski definition) is 7. The van der Waals surface area contributed by atoms with Gasteiger partial charge in [-0.3, -0.25) is 14.4 Å². The van der Waals surface area contributed by atoms with Crippen LogP contribution in [0.3, 0.4) is 0 Å². The zero-order valence-electron chi connectivity index (χ0n) is 27.2. The second-order valence-corrected chi connectivity index (χ2v) is 13.8. The third kappa shape index (κ3) is 11.7. The van der Waals surface area contributed by atoms with Crippen molar-refractivity contribution in [3.05, 3.63) is 70.3 Å². The maximum Gasteiger partial charge on any atom is 0.253 e. The number of unbranched alkanes of at least 4 members (excludes halogenated alkanes) is 1. The van der Waals surface area contributed by atoms with Crippen LogP contribution in [0.2, 0.25) is 0 Å². The first-order valence-electron chi connectivity index (χ1n) is 15.6. The maximum atomic E-state index is 14.1. The van der Waals surface area contributed by atoms with Crippen molar-refractivity contribution in [2.75, 3.05) is 26.2 Å². The number of nitrogens with zero attached hydrogens (tertiary/aromatic N) is 2. The van der Waals surface area contributed by atoms with Crippen LogP contribution in [-0.4, -0.2) is 84.7 Å². The van der Waals surface area contributed by atoms with Gasteiger partial charge in [0.1, 0.15) is 11.6 Å². The SMILES string of the molecule is CCCCN(CC(O)C(Cc1cc(F)cc(F)c1)NC(=O)c1cc(C(N)=O)cc(C(=O)N(CCC)CCC)c1)NS(=O)(=O)C(C)C. The fourth-order valence-corrected chi connectivity index (χ4v) is 5.48. The van der Waals surface area contributed by atoms with E-state index >= 15 is 0 Å². The van der Waals surface area contributed by atoms with Crippen LogP contribution in [0.4, 0.5) is 8.78 Å². The Labute approximate surface area is 270 Å². The molecule has 2 rings (SSSR count). The van der Waals surface area contributed by atoms with Gasteiger partial charge in [-0.2, -0.15) is 0 Å². The molecule has 256 valence electrons. The van der Waals surface area contributed by atoms with E-state index in [2.05, 4.69) is 10.1 Å². The summed E-state index contributed by atoms with van der Waals surface area (Å²) in [6.45, 7) is 9.64. The van der Waals surface area contributed by atoms with Crippen LogP contribution in [0, 0.1) is 11.6 Å². The predicted octanol–water partition coefficient (Wildman–Crippen LogP) is 3.37. The van der Waals surface area contributed by atoms with Crippen LogP contribution < -0.4 is 15.9 Å². The monoisotopic (exact) mass is 667 g/mol. The van der Waals surface area contributed by atoms with E-state index in [1.54, 1.807) is 4.90 Å². The lowest BCUT2D eigenvalue weighted by Crippen LogP contribution is -2.54. The molecule has 2 atom stereocenters. The molecule has 2 unspecified atom stereocenters. The predicted molar refractivity (Wildman–Crippen MR) is 172 cm³/mol. The number of hydrogen-bond donors (Lipinski definition) is 4. The van der Waals surface area contributed by atoms with Crippen LogP contribution in [0.25, 0.3) is 0 Å². The number of carbonyl (C=O) groups is 3. The summed E-state index contributed by atoms with van der Waals surface area (Å²) in [5.74, 6) is -3.76. The molecular weight excluding hydrogens is 620 g/mol. The highest BCUT2D eigenvalue weighted by molar-refractivity contribution is 7.90. The number of primary amides is 1. The number of amides is 3. The molecule has 46 heavy (non-hydrogen) atoms. The first-order valence-corrected chi connectivity index (χ1v) is 17.1. The van der Waals surface area contributed by atoms with E-state index in [-0.39, 0.29) is 41.8 Å². The van der Waals surface area contributed by atoms with Gasteiger partial charge < -0.3 is 21.1 Å². The number of nitrogens with two attached hydrogens (primary N) is 1. The molecule has 14 heteroatoms. The Hall–Kier alpha value is -3.46. The Morgan fingerprint density at radius 3 is 1.96 bits per heavy atom. The molecule has 0 spiro atoms. The molecule has 0 aliphatic heterocycles. The third-order valence-corrected chi connectivity index (χ3v) is 8.98. The van der Waals surface area contributed by atoms with Crippen molar-refractivity contribution >= 4 is 27.7 Å². The lowest BCUT2D eigenvalue weighted by Gasteiger charge is -2.31. The Kier molecular flexibility index (Phi) is 15.2. The number of aliphatic hydroxyl groups excluding tert-OH is 1. The van der Waals surface area contributed by atoms with Crippen LogP contribution in [-0.2, 0) is 16.4 Å². The van der Waals surface area contributed by atoms with E-state index in [4.69, 9.17) is 5.73 Å². The summed E-state index contributed by atoms with van der Waals surface area (Å²) in [7, 11) is -3.78. The fourth-order valence-electron chi connectivity index (χ4n) is 4.74. The van der Waals surface area contributed by atoms with E-state index in [9.17, 15) is 36.7 Å². The first kappa shape index (κ1) is 38.7. The molecule has 0 saturated carbocycles. The number of rotatable bonds is 19. The lowest BCUT2D eigenvalue weighted by atomic mass is 9.99. The van der Waals surface area contributed by atoms with E-state index < -0.39 is 56.8 Å². The molecule has 0 aliphatic carbocycles. The molecule has 0 aromatic heterocycles. The molecular formula is C32H47F2N5O6S. The summed E-state index contributed by atoms with van der Waals surface area (Å²) in [6.07, 6.45) is 1.02. The summed E-state index contributed by atoms with van der Waals surface area (Å²) in [4.78, 5) is 43.3. The van der Waals surface area contributed by atoms with E-state index in [1.807, 2.05) is 20.8 Å². The fraction of sp³-hybridized carbons (Fsp3) is 0.531. The summed E-state index contributed by atoms with van der Waals surface area (Å²) < 4.78 is 53.4. The topological polar surface area (TPSA) is 162 Å².